The van der Waals surface area contributed by atoms with Crippen LogP contribution in [0.5, 0.6) is 0 Å². The maximum Gasteiger partial charge on any atom is 0.264 e. The van der Waals surface area contributed by atoms with Crippen LogP contribution in [0.1, 0.15) is 18.4 Å². The van der Waals surface area contributed by atoms with E-state index in [1.165, 1.54) is 25.1 Å². The summed E-state index contributed by atoms with van der Waals surface area (Å²) in [6.45, 7) is 4.66. The van der Waals surface area contributed by atoms with Crippen molar-refractivity contribution in [1.82, 2.24) is 4.90 Å². The van der Waals surface area contributed by atoms with Gasteiger partial charge in [0.1, 0.15) is 0 Å². The summed E-state index contributed by atoms with van der Waals surface area (Å²) < 4.78 is 26.8. The van der Waals surface area contributed by atoms with Crippen LogP contribution in [0, 0.1) is 0 Å². The van der Waals surface area contributed by atoms with Crippen molar-refractivity contribution in [3.05, 3.63) is 29.8 Å². The molecule has 2 saturated heterocycles. The summed E-state index contributed by atoms with van der Waals surface area (Å²) in [6.07, 6.45) is 3.69. The van der Waals surface area contributed by atoms with Crippen LogP contribution in [0.15, 0.2) is 24.3 Å². The van der Waals surface area contributed by atoms with Crippen molar-refractivity contribution in [2.75, 3.05) is 37.3 Å². The van der Waals surface area contributed by atoms with Crippen molar-refractivity contribution >= 4 is 15.8 Å². The molecule has 5 nitrogen and oxygen atoms in total. The molecule has 0 saturated carbocycles. The third kappa shape index (κ3) is 3.75. The summed E-state index contributed by atoms with van der Waals surface area (Å²) in [6, 6.07) is 8.72. The number of hydrogen-bond acceptors (Lipinski definition) is 5. The van der Waals surface area contributed by atoms with Gasteiger partial charge in [-0.1, -0.05) is 12.1 Å². The Morgan fingerprint density at radius 1 is 1.19 bits per heavy atom. The Balaban J connectivity index is 1.61. The van der Waals surface area contributed by atoms with Crippen LogP contribution in [0.4, 0.5) is 5.69 Å². The van der Waals surface area contributed by atoms with Gasteiger partial charge in [0.05, 0.1) is 12.9 Å². The maximum absolute atomic E-state index is 11.0. The van der Waals surface area contributed by atoms with Crippen LogP contribution in [-0.2, 0) is 20.9 Å². The molecule has 1 aromatic rings. The molecule has 0 N–H and O–H groups in total. The number of piperazine rings is 1. The summed E-state index contributed by atoms with van der Waals surface area (Å²) in [5, 5.41) is 0. The van der Waals surface area contributed by atoms with E-state index in [0.717, 1.165) is 31.5 Å². The highest BCUT2D eigenvalue weighted by Gasteiger charge is 2.30. The Morgan fingerprint density at radius 2 is 1.95 bits per heavy atom. The van der Waals surface area contributed by atoms with Gasteiger partial charge in [-0.15, -0.1) is 0 Å². The monoisotopic (exact) mass is 310 g/mol. The first-order chi connectivity index (χ1) is 10.0. The Bertz CT molecular complexity index is 585. The summed E-state index contributed by atoms with van der Waals surface area (Å²) in [5.41, 5.74) is 2.09. The number of hydrogen-bond donors (Lipinski definition) is 0. The minimum atomic E-state index is -3.38. The van der Waals surface area contributed by atoms with Crippen LogP contribution in [0.25, 0.3) is 0 Å². The Kier molecular flexibility index (Phi) is 4.19. The summed E-state index contributed by atoms with van der Waals surface area (Å²) in [5.74, 6) is 0. The quantitative estimate of drug-likeness (QED) is 0.788. The van der Waals surface area contributed by atoms with Crippen LogP contribution in [0.3, 0.4) is 0 Å². The lowest BCUT2D eigenvalue weighted by Gasteiger charge is -2.38. The second-order valence-electron chi connectivity index (χ2n) is 5.91. The van der Waals surface area contributed by atoms with Gasteiger partial charge in [0.2, 0.25) is 0 Å². The van der Waals surface area contributed by atoms with E-state index in [4.69, 9.17) is 4.18 Å². The summed E-state index contributed by atoms with van der Waals surface area (Å²) in [4.78, 5) is 5.01. The largest absolute Gasteiger partial charge is 0.369 e. The van der Waals surface area contributed by atoms with E-state index < -0.39 is 10.1 Å². The fourth-order valence-electron chi connectivity index (χ4n) is 3.20. The maximum atomic E-state index is 11.0. The van der Waals surface area contributed by atoms with Crippen molar-refractivity contribution in [2.24, 2.45) is 0 Å². The van der Waals surface area contributed by atoms with Gasteiger partial charge in [-0.25, -0.2) is 0 Å². The van der Waals surface area contributed by atoms with Crippen LogP contribution in [-0.4, -0.2) is 51.8 Å². The molecule has 0 radical (unpaired) electrons. The minimum absolute atomic E-state index is 0.107. The molecular weight excluding hydrogens is 288 g/mol. The first-order valence-corrected chi connectivity index (χ1v) is 9.25. The molecule has 2 aliphatic heterocycles. The Hall–Kier alpha value is -1.11. The van der Waals surface area contributed by atoms with Gasteiger partial charge < -0.3 is 4.90 Å². The van der Waals surface area contributed by atoms with E-state index in [1.54, 1.807) is 0 Å². The van der Waals surface area contributed by atoms with Gasteiger partial charge in [0.15, 0.2) is 0 Å². The van der Waals surface area contributed by atoms with Crippen LogP contribution < -0.4 is 4.90 Å². The fraction of sp³-hybridized carbons (Fsp3) is 0.600. The van der Waals surface area contributed by atoms with E-state index >= 15 is 0 Å². The molecule has 1 unspecified atom stereocenters. The van der Waals surface area contributed by atoms with Crippen molar-refractivity contribution in [3.8, 4) is 0 Å². The molecule has 0 bridgehead atoms. The molecule has 2 fully saturated rings. The van der Waals surface area contributed by atoms with Crippen LogP contribution in [0.2, 0.25) is 0 Å². The fourth-order valence-corrected chi connectivity index (χ4v) is 3.55. The van der Waals surface area contributed by atoms with Gasteiger partial charge in [-0.05, 0) is 37.1 Å². The lowest BCUT2D eigenvalue weighted by Crippen LogP contribution is -2.50. The number of benzene rings is 1. The average molecular weight is 310 g/mol. The van der Waals surface area contributed by atoms with Crippen molar-refractivity contribution < 1.29 is 12.6 Å². The Labute approximate surface area is 126 Å². The molecule has 0 spiro atoms. The molecule has 116 valence electrons. The van der Waals surface area contributed by atoms with Crippen molar-refractivity contribution in [1.29, 1.82) is 0 Å². The molecule has 21 heavy (non-hydrogen) atoms. The Morgan fingerprint density at radius 3 is 2.67 bits per heavy atom. The van der Waals surface area contributed by atoms with E-state index in [9.17, 15) is 8.42 Å². The molecule has 6 heteroatoms. The zero-order valence-corrected chi connectivity index (χ0v) is 13.2. The second kappa shape index (κ2) is 5.94. The van der Waals surface area contributed by atoms with Gasteiger partial charge in [-0.3, -0.25) is 9.08 Å². The first kappa shape index (κ1) is 14.8. The van der Waals surface area contributed by atoms with Gasteiger partial charge in [-0.2, -0.15) is 8.42 Å². The van der Waals surface area contributed by atoms with Crippen molar-refractivity contribution in [3.63, 3.8) is 0 Å². The van der Waals surface area contributed by atoms with E-state index in [2.05, 4.69) is 21.9 Å². The first-order valence-electron chi connectivity index (χ1n) is 7.44. The minimum Gasteiger partial charge on any atom is -0.369 e. The smallest absolute Gasteiger partial charge is 0.264 e. The lowest BCUT2D eigenvalue weighted by molar-refractivity contribution is 0.231. The van der Waals surface area contributed by atoms with Crippen molar-refractivity contribution in [2.45, 2.75) is 25.5 Å². The number of fused-ring (bicyclic) bond motifs is 1. The molecule has 2 heterocycles. The van der Waals surface area contributed by atoms with Gasteiger partial charge in [0, 0.05) is 31.4 Å². The van der Waals surface area contributed by atoms with E-state index in [-0.39, 0.29) is 6.61 Å². The molecule has 0 aliphatic carbocycles. The van der Waals surface area contributed by atoms with E-state index in [0.29, 0.717) is 6.04 Å². The highest BCUT2D eigenvalue weighted by molar-refractivity contribution is 7.85. The second-order valence-corrected chi connectivity index (χ2v) is 7.55. The van der Waals surface area contributed by atoms with Crippen LogP contribution >= 0.6 is 0 Å². The number of rotatable bonds is 4. The molecule has 0 amide bonds. The highest BCUT2D eigenvalue weighted by atomic mass is 32.2. The zero-order valence-electron chi connectivity index (χ0n) is 12.4. The SMILES string of the molecule is CS(=O)(=O)OCc1ccc(N2CCN3CCCC3C2)cc1. The van der Waals surface area contributed by atoms with E-state index in [1.807, 2.05) is 12.1 Å². The summed E-state index contributed by atoms with van der Waals surface area (Å²) >= 11 is 0. The zero-order chi connectivity index (χ0) is 14.9. The molecule has 1 atom stereocenters. The molecule has 1 aromatic carbocycles. The third-order valence-corrected chi connectivity index (χ3v) is 4.87. The predicted molar refractivity (Wildman–Crippen MR) is 82.9 cm³/mol. The molecule has 0 aromatic heterocycles. The predicted octanol–water partition coefficient (Wildman–Crippen LogP) is 1.45. The average Bonchev–Trinajstić information content (AvgIpc) is 2.92. The highest BCUT2D eigenvalue weighted by Crippen LogP contribution is 2.25. The molecule has 2 aliphatic rings. The number of nitrogens with zero attached hydrogens (tertiary/aromatic N) is 2. The molecule has 3 rings (SSSR count). The topological polar surface area (TPSA) is 49.9 Å². The summed E-state index contributed by atoms with van der Waals surface area (Å²) in [7, 11) is -3.38. The standard InChI is InChI=1S/C15H22N2O3S/c1-21(18,19)20-12-13-4-6-14(7-5-13)17-10-9-16-8-2-3-15(16)11-17/h4-7,15H,2-3,8-12H2,1H3. The number of anilines is 1. The van der Waals surface area contributed by atoms with Gasteiger partial charge >= 0.3 is 0 Å². The molecular formula is C15H22N2O3S. The normalized spacial score (nSPS) is 23.3. The lowest BCUT2D eigenvalue weighted by atomic mass is 10.1. The van der Waals surface area contributed by atoms with Gasteiger partial charge in [0.25, 0.3) is 10.1 Å². The third-order valence-electron chi connectivity index (χ3n) is 4.33.